The topological polar surface area (TPSA) is 96.0 Å². The second-order valence-corrected chi connectivity index (χ2v) is 10.6. The Morgan fingerprint density at radius 1 is 1.03 bits per heavy atom. The van der Waals surface area contributed by atoms with Gasteiger partial charge in [0.1, 0.15) is 24.2 Å². The van der Waals surface area contributed by atoms with Gasteiger partial charge >= 0.3 is 0 Å². The average molecular weight is 562 g/mol. The van der Waals surface area contributed by atoms with Gasteiger partial charge in [-0.1, -0.05) is 29.8 Å². The van der Waals surface area contributed by atoms with Crippen molar-refractivity contribution >= 4 is 39.1 Å². The molecule has 11 heteroatoms. The summed E-state index contributed by atoms with van der Waals surface area (Å²) in [4.78, 5) is 27.2. The molecule has 0 aromatic heterocycles. The molecule has 0 unspecified atom stereocenters. The molecule has 0 radical (unpaired) electrons. The number of carbonyl (C=O) groups is 2. The lowest BCUT2D eigenvalue weighted by Crippen LogP contribution is -2.50. The monoisotopic (exact) mass is 561 g/mol. The quantitative estimate of drug-likeness (QED) is 0.378. The van der Waals surface area contributed by atoms with Crippen LogP contribution >= 0.6 is 11.6 Å². The van der Waals surface area contributed by atoms with Crippen LogP contribution in [0.3, 0.4) is 0 Å². The lowest BCUT2D eigenvalue weighted by molar-refractivity contribution is -0.139. The van der Waals surface area contributed by atoms with E-state index in [0.717, 1.165) is 9.21 Å². The molecule has 0 fully saturated rings. The Morgan fingerprint density at radius 3 is 2.24 bits per heavy atom. The summed E-state index contributed by atoms with van der Waals surface area (Å²) in [6.07, 6.45) is 0. The van der Waals surface area contributed by atoms with Gasteiger partial charge in [0, 0.05) is 24.2 Å². The maximum absolute atomic E-state index is 14.5. The van der Waals surface area contributed by atoms with E-state index in [2.05, 4.69) is 5.32 Å². The maximum atomic E-state index is 14.5. The highest BCUT2D eigenvalue weighted by Gasteiger charge is 2.32. The molecule has 202 valence electrons. The number of carbonyl (C=O) groups excluding carboxylic acids is 2. The van der Waals surface area contributed by atoms with Gasteiger partial charge < -0.3 is 15.0 Å². The van der Waals surface area contributed by atoms with Crippen LogP contribution in [0.4, 0.5) is 10.1 Å². The molecule has 8 nitrogen and oxygen atoms in total. The largest absolute Gasteiger partial charge is 0.494 e. The van der Waals surface area contributed by atoms with Crippen molar-refractivity contribution in [1.29, 1.82) is 0 Å². The molecule has 0 saturated heterocycles. The molecule has 3 aromatic carbocycles. The number of ether oxygens (including phenoxy) is 1. The standard InChI is InChI=1S/C27H29ClFN3O5S/c1-4-37-23-13-11-22(12-14-23)32(38(35,36)24-15-9-21(28)10-16-24)18-26(33)31(19(2)27(34)30-3)17-20-7-5-6-8-25(20)29/h5-16,19H,4,17-18H2,1-3H3,(H,30,34)/t19-/m1/s1. The van der Waals surface area contributed by atoms with E-state index in [0.29, 0.717) is 17.4 Å². The number of sulfonamides is 1. The molecular formula is C27H29ClFN3O5S. The Labute approximate surface area is 227 Å². The van der Waals surface area contributed by atoms with E-state index < -0.39 is 40.2 Å². The van der Waals surface area contributed by atoms with Gasteiger partial charge in [0.15, 0.2) is 0 Å². The molecule has 0 aliphatic rings. The van der Waals surface area contributed by atoms with E-state index >= 15 is 0 Å². The van der Waals surface area contributed by atoms with E-state index in [1.165, 1.54) is 68.6 Å². The van der Waals surface area contributed by atoms with Crippen molar-refractivity contribution in [3.63, 3.8) is 0 Å². The molecule has 0 spiro atoms. The second kappa shape index (κ2) is 12.7. The first-order valence-electron chi connectivity index (χ1n) is 11.8. The van der Waals surface area contributed by atoms with Crippen LogP contribution in [-0.4, -0.2) is 51.4 Å². The lowest BCUT2D eigenvalue weighted by atomic mass is 10.1. The number of rotatable bonds is 11. The van der Waals surface area contributed by atoms with Crippen molar-refractivity contribution in [1.82, 2.24) is 10.2 Å². The molecule has 0 aliphatic carbocycles. The summed E-state index contributed by atoms with van der Waals surface area (Å²) in [5.41, 5.74) is 0.389. The van der Waals surface area contributed by atoms with Gasteiger partial charge in [0.25, 0.3) is 10.0 Å². The van der Waals surface area contributed by atoms with Gasteiger partial charge in [-0.3, -0.25) is 13.9 Å². The highest BCUT2D eigenvalue weighted by atomic mass is 35.5. The number of likely N-dealkylation sites (N-methyl/N-ethyl adjacent to an activating group) is 1. The molecule has 0 aliphatic heterocycles. The predicted octanol–water partition coefficient (Wildman–Crippen LogP) is 4.24. The minimum atomic E-state index is -4.25. The normalized spacial score (nSPS) is 11.9. The van der Waals surface area contributed by atoms with E-state index in [1.807, 2.05) is 6.92 Å². The highest BCUT2D eigenvalue weighted by Crippen LogP contribution is 2.27. The van der Waals surface area contributed by atoms with Gasteiger partial charge in [-0.2, -0.15) is 0 Å². The lowest BCUT2D eigenvalue weighted by Gasteiger charge is -2.31. The first-order chi connectivity index (χ1) is 18.1. The van der Waals surface area contributed by atoms with Crippen molar-refractivity contribution < 1.29 is 27.1 Å². The van der Waals surface area contributed by atoms with E-state index in [1.54, 1.807) is 18.2 Å². The van der Waals surface area contributed by atoms with Crippen molar-refractivity contribution in [3.8, 4) is 5.75 Å². The Balaban J connectivity index is 2.04. The number of hydrogen-bond acceptors (Lipinski definition) is 5. The summed E-state index contributed by atoms with van der Waals surface area (Å²) in [7, 11) is -2.83. The summed E-state index contributed by atoms with van der Waals surface area (Å²) in [6.45, 7) is 2.86. The SMILES string of the molecule is CCOc1ccc(N(CC(=O)N(Cc2ccccc2F)[C@H](C)C(=O)NC)S(=O)(=O)c2ccc(Cl)cc2)cc1. The summed E-state index contributed by atoms with van der Waals surface area (Å²) in [5, 5.41) is 2.83. The maximum Gasteiger partial charge on any atom is 0.264 e. The molecule has 0 heterocycles. The Hall–Kier alpha value is -3.63. The first-order valence-corrected chi connectivity index (χ1v) is 13.7. The van der Waals surface area contributed by atoms with Crippen LogP contribution in [-0.2, 0) is 26.2 Å². The van der Waals surface area contributed by atoms with E-state index in [9.17, 15) is 22.4 Å². The van der Waals surface area contributed by atoms with Crippen molar-refractivity contribution in [2.75, 3.05) is 24.5 Å². The number of anilines is 1. The zero-order valence-corrected chi connectivity index (χ0v) is 22.8. The molecule has 0 saturated carbocycles. The molecule has 3 rings (SSSR count). The molecule has 0 bridgehead atoms. The Bertz CT molecular complexity index is 1370. The highest BCUT2D eigenvalue weighted by molar-refractivity contribution is 7.92. The molecule has 38 heavy (non-hydrogen) atoms. The average Bonchev–Trinajstić information content (AvgIpc) is 2.91. The number of nitrogens with zero attached hydrogens (tertiary/aromatic N) is 2. The Morgan fingerprint density at radius 2 is 1.66 bits per heavy atom. The Kier molecular flexibility index (Phi) is 9.71. The van der Waals surface area contributed by atoms with Gasteiger partial charge in [0.2, 0.25) is 11.8 Å². The first kappa shape index (κ1) is 28.9. The second-order valence-electron chi connectivity index (χ2n) is 8.30. The minimum absolute atomic E-state index is 0.0800. The van der Waals surface area contributed by atoms with E-state index in [-0.39, 0.29) is 22.7 Å². The number of halogens is 2. The van der Waals surface area contributed by atoms with Crippen molar-refractivity contribution in [2.45, 2.75) is 31.3 Å². The van der Waals surface area contributed by atoms with Crippen LogP contribution in [0.1, 0.15) is 19.4 Å². The van der Waals surface area contributed by atoms with Crippen LogP contribution < -0.4 is 14.4 Å². The van der Waals surface area contributed by atoms with Gasteiger partial charge in [-0.15, -0.1) is 0 Å². The fourth-order valence-corrected chi connectivity index (χ4v) is 5.28. The molecule has 1 atom stereocenters. The molecular weight excluding hydrogens is 533 g/mol. The van der Waals surface area contributed by atoms with E-state index in [4.69, 9.17) is 16.3 Å². The third kappa shape index (κ3) is 6.81. The summed E-state index contributed by atoms with van der Waals surface area (Å²) >= 11 is 5.95. The zero-order chi connectivity index (χ0) is 27.9. The van der Waals surface area contributed by atoms with Crippen LogP contribution in [0, 0.1) is 5.82 Å². The van der Waals surface area contributed by atoms with Crippen molar-refractivity contribution in [2.24, 2.45) is 0 Å². The third-order valence-electron chi connectivity index (χ3n) is 5.83. The fourth-order valence-electron chi connectivity index (χ4n) is 3.74. The van der Waals surface area contributed by atoms with Crippen molar-refractivity contribution in [3.05, 3.63) is 89.2 Å². The number of amides is 2. The summed E-state index contributed by atoms with van der Waals surface area (Å²) in [5.74, 6) is -1.20. The van der Waals surface area contributed by atoms with Crippen LogP contribution in [0.15, 0.2) is 77.7 Å². The third-order valence-corrected chi connectivity index (χ3v) is 7.87. The van der Waals surface area contributed by atoms with Gasteiger partial charge in [0.05, 0.1) is 17.2 Å². The van der Waals surface area contributed by atoms with Crippen LogP contribution in [0.5, 0.6) is 5.75 Å². The predicted molar refractivity (Wildman–Crippen MR) is 144 cm³/mol. The molecule has 1 N–H and O–H groups in total. The van der Waals surface area contributed by atoms with Gasteiger partial charge in [-0.05, 0) is 68.4 Å². The minimum Gasteiger partial charge on any atom is -0.494 e. The summed E-state index contributed by atoms with van der Waals surface area (Å²) in [6, 6.07) is 16.7. The zero-order valence-electron chi connectivity index (χ0n) is 21.2. The van der Waals surface area contributed by atoms with Crippen LogP contribution in [0.2, 0.25) is 5.02 Å². The van der Waals surface area contributed by atoms with Gasteiger partial charge in [-0.25, -0.2) is 12.8 Å². The number of nitrogens with one attached hydrogen (secondary N) is 1. The molecule has 2 amide bonds. The van der Waals surface area contributed by atoms with Crippen LogP contribution in [0.25, 0.3) is 0 Å². The summed E-state index contributed by atoms with van der Waals surface area (Å²) < 4.78 is 48.3. The number of benzene rings is 3. The number of hydrogen-bond donors (Lipinski definition) is 1. The molecule has 3 aromatic rings. The smallest absolute Gasteiger partial charge is 0.264 e. The fraction of sp³-hybridized carbons (Fsp3) is 0.259.